The van der Waals surface area contributed by atoms with Crippen molar-refractivity contribution in [2.24, 2.45) is 5.92 Å². The molecule has 152 valence electrons. The van der Waals surface area contributed by atoms with Crippen molar-refractivity contribution in [1.29, 1.82) is 0 Å². The number of benzene rings is 1. The number of ether oxygens (including phenoxy) is 2. The molecule has 3 heteroatoms. The van der Waals surface area contributed by atoms with Gasteiger partial charge in [-0.25, -0.2) is 0 Å². The van der Waals surface area contributed by atoms with Crippen LogP contribution >= 0.6 is 0 Å². The summed E-state index contributed by atoms with van der Waals surface area (Å²) in [5.74, 6) is 6.93. The van der Waals surface area contributed by atoms with E-state index in [9.17, 15) is 4.79 Å². The van der Waals surface area contributed by atoms with Gasteiger partial charge in [-0.15, -0.1) is 5.92 Å². The van der Waals surface area contributed by atoms with Gasteiger partial charge in [0, 0.05) is 0 Å². The van der Waals surface area contributed by atoms with Crippen molar-refractivity contribution in [3.05, 3.63) is 53.6 Å². The van der Waals surface area contributed by atoms with E-state index in [0.717, 1.165) is 24.2 Å². The van der Waals surface area contributed by atoms with Crippen molar-refractivity contribution in [1.82, 2.24) is 0 Å². The zero-order valence-electron chi connectivity index (χ0n) is 18.1. The van der Waals surface area contributed by atoms with Crippen LogP contribution < -0.4 is 4.74 Å². The van der Waals surface area contributed by atoms with Crippen molar-refractivity contribution in [3.63, 3.8) is 0 Å². The van der Waals surface area contributed by atoms with Crippen LogP contribution in [0, 0.1) is 17.8 Å². The molecule has 0 amide bonds. The molecule has 3 atom stereocenters. The number of hydrogen-bond donors (Lipinski definition) is 0. The van der Waals surface area contributed by atoms with E-state index in [2.05, 4.69) is 30.9 Å². The van der Waals surface area contributed by atoms with Gasteiger partial charge in [0.15, 0.2) is 0 Å². The molecular formula is C25H34O3. The second-order valence-corrected chi connectivity index (χ2v) is 6.62. The number of carbonyl (C=O) groups excluding carboxylic acids is 1. The van der Waals surface area contributed by atoms with E-state index in [0.29, 0.717) is 5.92 Å². The third-order valence-corrected chi connectivity index (χ3v) is 4.74. The van der Waals surface area contributed by atoms with E-state index in [1.807, 2.05) is 51.1 Å². The minimum absolute atomic E-state index is 0.123. The van der Waals surface area contributed by atoms with E-state index in [4.69, 9.17) is 9.47 Å². The lowest BCUT2D eigenvalue weighted by Crippen LogP contribution is -2.21. The molecule has 0 aromatic heterocycles. The fourth-order valence-corrected chi connectivity index (χ4v) is 3.25. The highest BCUT2D eigenvalue weighted by atomic mass is 16.5. The number of carbonyl (C=O) groups is 1. The van der Waals surface area contributed by atoms with Gasteiger partial charge < -0.3 is 9.47 Å². The van der Waals surface area contributed by atoms with Crippen LogP contribution in [0.25, 0.3) is 0 Å². The first kappa shape index (κ1) is 23.6. The predicted molar refractivity (Wildman–Crippen MR) is 116 cm³/mol. The number of esters is 1. The van der Waals surface area contributed by atoms with Crippen LogP contribution in [0.4, 0.5) is 0 Å². The molecule has 1 aliphatic carbocycles. The van der Waals surface area contributed by atoms with Gasteiger partial charge >= 0.3 is 5.97 Å². The number of allylic oxidation sites excluding steroid dienone is 3. The van der Waals surface area contributed by atoms with Crippen molar-refractivity contribution in [2.75, 3.05) is 7.11 Å². The molecule has 1 saturated carbocycles. The average molecular weight is 383 g/mol. The molecule has 1 aliphatic rings. The molecular weight excluding hydrogens is 348 g/mol. The summed E-state index contributed by atoms with van der Waals surface area (Å²) in [6.45, 7) is 10.0. The molecule has 28 heavy (non-hydrogen) atoms. The molecule has 0 N–H and O–H groups in total. The number of hydrogen-bond acceptors (Lipinski definition) is 3. The van der Waals surface area contributed by atoms with Gasteiger partial charge in [-0.05, 0) is 55.9 Å². The second-order valence-electron chi connectivity index (χ2n) is 6.62. The normalized spacial score (nSPS) is 20.7. The highest BCUT2D eigenvalue weighted by molar-refractivity contribution is 5.71. The lowest BCUT2D eigenvalue weighted by Gasteiger charge is -2.20. The molecule has 1 aromatic carbocycles. The maximum atomic E-state index is 11.6. The van der Waals surface area contributed by atoms with Crippen LogP contribution in [0.2, 0.25) is 0 Å². The molecule has 0 spiro atoms. The fraction of sp³-hybridized carbons (Fsp3) is 0.480. The van der Waals surface area contributed by atoms with Gasteiger partial charge in [0.1, 0.15) is 11.9 Å². The fourth-order valence-electron chi connectivity index (χ4n) is 3.25. The third-order valence-electron chi connectivity index (χ3n) is 4.74. The standard InChI is InChI=1S/C23H28O3.C2H6/c1-5-7-9-19-11-10-17(3)23(19)26-21-14-12-18(13-15-21)20(8-6-2)16-22(24)25-4;1-2/h5,7,9,12-15,17,20,23H,10-11,16H2,1-4H3;1-2H3/b7-5-,19-9+;. The van der Waals surface area contributed by atoms with Gasteiger partial charge in [0.2, 0.25) is 0 Å². The zero-order valence-corrected chi connectivity index (χ0v) is 18.1. The van der Waals surface area contributed by atoms with E-state index in [1.54, 1.807) is 6.92 Å². The Balaban J connectivity index is 0.00000190. The Labute approximate surface area is 170 Å². The van der Waals surface area contributed by atoms with Crippen LogP contribution in [-0.4, -0.2) is 19.2 Å². The van der Waals surface area contributed by atoms with E-state index < -0.39 is 0 Å². The Hall–Kier alpha value is -2.47. The van der Waals surface area contributed by atoms with Crippen LogP contribution in [0.5, 0.6) is 5.75 Å². The summed E-state index contributed by atoms with van der Waals surface area (Å²) in [5.41, 5.74) is 2.35. The van der Waals surface area contributed by atoms with Gasteiger partial charge in [-0.1, -0.05) is 57.1 Å². The maximum Gasteiger partial charge on any atom is 0.307 e. The van der Waals surface area contributed by atoms with E-state index >= 15 is 0 Å². The van der Waals surface area contributed by atoms with Crippen molar-refractivity contribution in [2.45, 2.75) is 65.9 Å². The summed E-state index contributed by atoms with van der Waals surface area (Å²) in [5, 5.41) is 0. The Morgan fingerprint density at radius 3 is 2.54 bits per heavy atom. The van der Waals surface area contributed by atoms with Gasteiger partial charge in [0.05, 0.1) is 19.4 Å². The maximum absolute atomic E-state index is 11.6. The Morgan fingerprint density at radius 2 is 1.96 bits per heavy atom. The van der Waals surface area contributed by atoms with Gasteiger partial charge in [-0.2, -0.15) is 0 Å². The molecule has 0 heterocycles. The van der Waals surface area contributed by atoms with E-state index in [-0.39, 0.29) is 24.4 Å². The summed E-state index contributed by atoms with van der Waals surface area (Å²) in [6, 6.07) is 7.91. The molecule has 0 aliphatic heterocycles. The largest absolute Gasteiger partial charge is 0.486 e. The first-order valence-electron chi connectivity index (χ1n) is 10.2. The molecule has 3 nitrogen and oxygen atoms in total. The summed E-state index contributed by atoms with van der Waals surface area (Å²) in [4.78, 5) is 11.6. The Bertz CT molecular complexity index is 716. The summed E-state index contributed by atoms with van der Waals surface area (Å²) in [6.07, 6.45) is 8.91. The minimum atomic E-state index is -0.253. The SMILES string of the molecule is CC.CC#CC(CC(=O)OC)c1ccc(OC2/C(=C/C=C\C)CCC2C)cc1. The summed E-state index contributed by atoms with van der Waals surface area (Å²) < 4.78 is 11.0. The van der Waals surface area contributed by atoms with Crippen LogP contribution in [0.15, 0.2) is 48.1 Å². The van der Waals surface area contributed by atoms with Crippen molar-refractivity contribution < 1.29 is 14.3 Å². The monoisotopic (exact) mass is 382 g/mol. The molecule has 1 fully saturated rings. The zero-order chi connectivity index (χ0) is 20.9. The van der Waals surface area contributed by atoms with E-state index in [1.165, 1.54) is 12.7 Å². The molecule has 0 saturated heterocycles. The summed E-state index contributed by atoms with van der Waals surface area (Å²) in [7, 11) is 1.40. The summed E-state index contributed by atoms with van der Waals surface area (Å²) >= 11 is 0. The van der Waals surface area contributed by atoms with Crippen LogP contribution in [0.3, 0.4) is 0 Å². The first-order chi connectivity index (χ1) is 13.6. The minimum Gasteiger partial charge on any atom is -0.486 e. The topological polar surface area (TPSA) is 35.5 Å². The van der Waals surface area contributed by atoms with Crippen molar-refractivity contribution >= 4 is 5.97 Å². The first-order valence-corrected chi connectivity index (χ1v) is 10.2. The van der Waals surface area contributed by atoms with Gasteiger partial charge in [0.25, 0.3) is 0 Å². The number of methoxy groups -OCH3 is 1. The quantitative estimate of drug-likeness (QED) is 0.443. The molecule has 3 unspecified atom stereocenters. The average Bonchev–Trinajstić information content (AvgIpc) is 3.07. The third kappa shape index (κ3) is 6.93. The Kier molecular flexibility index (Phi) is 10.8. The molecule has 0 radical (unpaired) electrons. The van der Waals surface area contributed by atoms with Gasteiger partial charge in [-0.3, -0.25) is 4.79 Å². The van der Waals surface area contributed by atoms with Crippen molar-refractivity contribution in [3.8, 4) is 17.6 Å². The lowest BCUT2D eigenvalue weighted by atomic mass is 9.96. The number of rotatable bonds is 6. The highest BCUT2D eigenvalue weighted by Gasteiger charge is 2.29. The Morgan fingerprint density at radius 1 is 1.29 bits per heavy atom. The smallest absolute Gasteiger partial charge is 0.307 e. The molecule has 1 aromatic rings. The molecule has 0 bridgehead atoms. The van der Waals surface area contributed by atoms with Crippen LogP contribution in [0.1, 0.15) is 65.4 Å². The predicted octanol–water partition coefficient (Wildman–Crippen LogP) is 6.06. The lowest BCUT2D eigenvalue weighted by molar-refractivity contribution is -0.140. The molecule has 2 rings (SSSR count). The second kappa shape index (κ2) is 12.8. The highest BCUT2D eigenvalue weighted by Crippen LogP contribution is 2.34. The van der Waals surface area contributed by atoms with Crippen LogP contribution in [-0.2, 0) is 9.53 Å².